The van der Waals surface area contributed by atoms with Crippen molar-refractivity contribution in [2.24, 2.45) is 7.05 Å². The predicted molar refractivity (Wildman–Crippen MR) is 105 cm³/mol. The Kier molecular flexibility index (Phi) is 5.72. The molecule has 9 heteroatoms. The number of ether oxygens (including phenoxy) is 2. The highest BCUT2D eigenvalue weighted by Crippen LogP contribution is 2.32. The van der Waals surface area contributed by atoms with Crippen LogP contribution in [0.4, 0.5) is 0 Å². The molecule has 3 heterocycles. The van der Waals surface area contributed by atoms with Gasteiger partial charge in [0.1, 0.15) is 5.82 Å². The van der Waals surface area contributed by atoms with E-state index in [1.807, 2.05) is 31.5 Å². The van der Waals surface area contributed by atoms with Crippen molar-refractivity contribution in [3.05, 3.63) is 29.6 Å². The largest absolute Gasteiger partial charge is 0.454 e. The van der Waals surface area contributed by atoms with Gasteiger partial charge >= 0.3 is 0 Å². The molecule has 1 unspecified atom stereocenters. The summed E-state index contributed by atoms with van der Waals surface area (Å²) in [5.41, 5.74) is 1.01. The summed E-state index contributed by atoms with van der Waals surface area (Å²) in [6.45, 7) is 3.16. The van der Waals surface area contributed by atoms with Crippen LogP contribution in [0.3, 0.4) is 0 Å². The quantitative estimate of drug-likeness (QED) is 0.676. The van der Waals surface area contributed by atoms with E-state index in [1.54, 1.807) is 11.8 Å². The minimum atomic E-state index is 0.0658. The Morgan fingerprint density at radius 2 is 2.21 bits per heavy atom. The Balaban J connectivity index is 1.29. The first-order valence-electron chi connectivity index (χ1n) is 9.56. The van der Waals surface area contributed by atoms with E-state index in [4.69, 9.17) is 9.47 Å². The van der Waals surface area contributed by atoms with E-state index >= 15 is 0 Å². The van der Waals surface area contributed by atoms with Gasteiger partial charge in [-0.05, 0) is 36.8 Å². The lowest BCUT2D eigenvalue weighted by Gasteiger charge is -2.28. The van der Waals surface area contributed by atoms with Crippen molar-refractivity contribution in [2.75, 3.05) is 32.7 Å². The van der Waals surface area contributed by atoms with E-state index in [-0.39, 0.29) is 12.7 Å². The molecule has 4 rings (SSSR count). The summed E-state index contributed by atoms with van der Waals surface area (Å²) in [6, 6.07) is 5.76. The van der Waals surface area contributed by atoms with Crippen molar-refractivity contribution in [1.29, 1.82) is 0 Å². The zero-order valence-electron chi connectivity index (χ0n) is 16.2. The number of carbonyl (C=O) groups is 1. The van der Waals surface area contributed by atoms with Crippen LogP contribution in [0.15, 0.2) is 23.4 Å². The predicted octanol–water partition coefficient (Wildman–Crippen LogP) is 0.344. The van der Waals surface area contributed by atoms with Gasteiger partial charge in [-0.3, -0.25) is 4.79 Å². The van der Waals surface area contributed by atoms with Gasteiger partial charge < -0.3 is 24.3 Å². The summed E-state index contributed by atoms with van der Waals surface area (Å²) in [6.07, 6.45) is 4.20. The summed E-state index contributed by atoms with van der Waals surface area (Å²) in [4.78, 5) is 13.8. The van der Waals surface area contributed by atoms with Gasteiger partial charge in [-0.1, -0.05) is 17.8 Å². The molecule has 0 bridgehead atoms. The molecule has 2 atom stereocenters. The van der Waals surface area contributed by atoms with E-state index in [9.17, 15) is 4.79 Å². The number of piperidine rings is 1. The second kappa shape index (κ2) is 8.40. The van der Waals surface area contributed by atoms with Crippen LogP contribution in [-0.2, 0) is 18.4 Å². The van der Waals surface area contributed by atoms with E-state index in [2.05, 4.69) is 20.1 Å². The summed E-state index contributed by atoms with van der Waals surface area (Å²) >= 11 is 1.61. The van der Waals surface area contributed by atoms with Gasteiger partial charge in [0.15, 0.2) is 23.2 Å². The van der Waals surface area contributed by atoms with Crippen molar-refractivity contribution in [3.63, 3.8) is 0 Å². The molecule has 2 N–H and O–H groups in total. The Morgan fingerprint density at radius 3 is 3.04 bits per heavy atom. The Labute approximate surface area is 168 Å². The van der Waals surface area contributed by atoms with Gasteiger partial charge in [0.25, 0.3) is 5.91 Å². The molecule has 0 saturated carbocycles. The highest BCUT2D eigenvalue weighted by molar-refractivity contribution is 7.98. The van der Waals surface area contributed by atoms with Crippen molar-refractivity contribution in [1.82, 2.24) is 20.1 Å². The van der Waals surface area contributed by atoms with Gasteiger partial charge in [-0.25, -0.2) is 0 Å². The highest BCUT2D eigenvalue weighted by Gasteiger charge is 2.29. The molecule has 1 amide bonds. The molecule has 28 heavy (non-hydrogen) atoms. The van der Waals surface area contributed by atoms with Gasteiger partial charge in [0, 0.05) is 13.6 Å². The van der Waals surface area contributed by atoms with Gasteiger partial charge in [0.05, 0.1) is 19.0 Å². The van der Waals surface area contributed by atoms with Crippen LogP contribution in [0.5, 0.6) is 11.5 Å². The fourth-order valence-corrected chi connectivity index (χ4v) is 4.42. The SMILES string of the molecule is CSc1nnc([C@@H]2CCC[NH+](CC(=O)NCc3ccc4c(c3)OCO4)C2)n1C. The fraction of sp³-hybridized carbons (Fsp3) is 0.526. The Hall–Kier alpha value is -2.26. The van der Waals surface area contributed by atoms with Gasteiger partial charge in [-0.15, -0.1) is 10.2 Å². The monoisotopic (exact) mass is 404 g/mol. The third-order valence-corrected chi connectivity index (χ3v) is 6.09. The second-order valence-electron chi connectivity index (χ2n) is 7.29. The topological polar surface area (TPSA) is 82.7 Å². The first-order chi connectivity index (χ1) is 13.6. The van der Waals surface area contributed by atoms with Crippen molar-refractivity contribution < 1.29 is 19.2 Å². The molecule has 0 aliphatic carbocycles. The number of quaternary nitrogens is 1. The van der Waals surface area contributed by atoms with Crippen LogP contribution in [0.1, 0.15) is 30.1 Å². The number of nitrogens with one attached hydrogen (secondary N) is 2. The van der Waals surface area contributed by atoms with Crippen LogP contribution in [-0.4, -0.2) is 53.4 Å². The standard InChI is InChI=1S/C19H25N5O3S/c1-23-18(21-22-19(23)28-2)14-4-3-7-24(10-14)11-17(25)20-9-13-5-6-15-16(8-13)27-12-26-15/h5-6,8,14H,3-4,7,9-12H2,1-2H3,(H,20,25)/p+1/t14-/m1/s1. The van der Waals surface area contributed by atoms with E-state index in [0.29, 0.717) is 19.0 Å². The lowest BCUT2D eigenvalue weighted by Crippen LogP contribution is -3.14. The summed E-state index contributed by atoms with van der Waals surface area (Å²) in [5, 5.41) is 12.6. The molecule has 150 valence electrons. The molecule has 0 spiro atoms. The lowest BCUT2D eigenvalue weighted by molar-refractivity contribution is -0.898. The number of carbonyl (C=O) groups excluding carboxylic acids is 1. The number of fused-ring (bicyclic) bond motifs is 1. The Bertz CT molecular complexity index is 856. The Morgan fingerprint density at radius 1 is 1.36 bits per heavy atom. The molecule has 1 aromatic heterocycles. The third-order valence-electron chi connectivity index (χ3n) is 5.37. The number of benzene rings is 1. The zero-order chi connectivity index (χ0) is 19.5. The maximum atomic E-state index is 12.5. The third kappa shape index (κ3) is 4.10. The molecule has 1 saturated heterocycles. The molecule has 2 aliphatic heterocycles. The number of aromatic nitrogens is 3. The smallest absolute Gasteiger partial charge is 0.275 e. The average molecular weight is 405 g/mol. The van der Waals surface area contributed by atoms with Crippen LogP contribution in [0.2, 0.25) is 0 Å². The minimum Gasteiger partial charge on any atom is -0.454 e. The first kappa shape index (κ1) is 19.1. The molecular weight excluding hydrogens is 378 g/mol. The number of thioether (sulfide) groups is 1. The van der Waals surface area contributed by atoms with Crippen molar-refractivity contribution in [3.8, 4) is 11.5 Å². The summed E-state index contributed by atoms with van der Waals surface area (Å²) in [5.74, 6) is 2.94. The molecule has 2 aliphatic rings. The number of hydrogen-bond donors (Lipinski definition) is 2. The maximum absolute atomic E-state index is 12.5. The molecule has 8 nitrogen and oxygen atoms in total. The first-order valence-corrected chi connectivity index (χ1v) is 10.8. The number of likely N-dealkylation sites (tertiary alicyclic amines) is 1. The average Bonchev–Trinajstić information content (AvgIpc) is 3.32. The number of nitrogens with zero attached hydrogens (tertiary/aromatic N) is 3. The molecule has 2 aromatic rings. The van der Waals surface area contributed by atoms with E-state index in [1.165, 1.54) is 4.90 Å². The number of amides is 1. The maximum Gasteiger partial charge on any atom is 0.275 e. The normalized spacial score (nSPS) is 20.9. The summed E-state index contributed by atoms with van der Waals surface area (Å²) < 4.78 is 12.8. The fourth-order valence-electron chi connectivity index (χ4n) is 3.93. The molecular formula is C19H26N5O3S+. The minimum absolute atomic E-state index is 0.0658. The van der Waals surface area contributed by atoms with Crippen LogP contribution >= 0.6 is 11.8 Å². The molecule has 1 fully saturated rings. The zero-order valence-corrected chi connectivity index (χ0v) is 17.1. The number of rotatable bonds is 6. The second-order valence-corrected chi connectivity index (χ2v) is 8.06. The van der Waals surface area contributed by atoms with Crippen LogP contribution < -0.4 is 19.7 Å². The molecule has 1 aromatic carbocycles. The van der Waals surface area contributed by atoms with Crippen molar-refractivity contribution >= 4 is 17.7 Å². The molecule has 0 radical (unpaired) electrons. The van der Waals surface area contributed by atoms with Crippen LogP contribution in [0, 0.1) is 0 Å². The lowest BCUT2D eigenvalue weighted by atomic mass is 9.97. The number of hydrogen-bond acceptors (Lipinski definition) is 6. The van der Waals surface area contributed by atoms with Crippen molar-refractivity contribution in [2.45, 2.75) is 30.5 Å². The highest BCUT2D eigenvalue weighted by atomic mass is 32.2. The van der Waals surface area contributed by atoms with E-state index < -0.39 is 0 Å². The van der Waals surface area contributed by atoms with E-state index in [0.717, 1.165) is 54.0 Å². The van der Waals surface area contributed by atoms with Gasteiger partial charge in [-0.2, -0.15) is 0 Å². The van der Waals surface area contributed by atoms with Crippen LogP contribution in [0.25, 0.3) is 0 Å². The van der Waals surface area contributed by atoms with Gasteiger partial charge in [0.2, 0.25) is 6.79 Å². The summed E-state index contributed by atoms with van der Waals surface area (Å²) in [7, 11) is 2.02.